The van der Waals surface area contributed by atoms with Crippen molar-refractivity contribution in [3.05, 3.63) is 99.7 Å². The van der Waals surface area contributed by atoms with Crippen LogP contribution in [0, 0.1) is 5.92 Å². The number of carbonyl (C=O) groups is 2. The summed E-state index contributed by atoms with van der Waals surface area (Å²) in [6, 6.07) is 23.0. The lowest BCUT2D eigenvalue weighted by Gasteiger charge is -2.34. The van der Waals surface area contributed by atoms with Crippen LogP contribution in [0.5, 0.6) is 11.5 Å². The molecule has 1 aliphatic heterocycles. The van der Waals surface area contributed by atoms with E-state index in [4.69, 9.17) is 37.8 Å². The first-order chi connectivity index (χ1) is 27.7. The second-order valence-corrected chi connectivity index (χ2v) is 16.4. The number of nitrogens with zero attached hydrogens (tertiary/aromatic N) is 3. The van der Waals surface area contributed by atoms with Crippen molar-refractivity contribution in [1.82, 2.24) is 30.0 Å². The van der Waals surface area contributed by atoms with E-state index in [-0.39, 0.29) is 23.8 Å². The van der Waals surface area contributed by atoms with Crippen molar-refractivity contribution in [3.8, 4) is 33.8 Å². The van der Waals surface area contributed by atoms with Crippen LogP contribution in [0.15, 0.2) is 72.9 Å². The summed E-state index contributed by atoms with van der Waals surface area (Å²) in [4.78, 5) is 26.3. The van der Waals surface area contributed by atoms with Gasteiger partial charge in [-0.05, 0) is 80.1 Å². The summed E-state index contributed by atoms with van der Waals surface area (Å²) in [7, 11) is 5.51. The molecule has 10 nitrogen and oxygen atoms in total. The largest absolute Gasteiger partial charge is 0.496 e. The minimum absolute atomic E-state index is 0.0869. The average Bonchev–Trinajstić information content (AvgIpc) is 3.84. The van der Waals surface area contributed by atoms with Crippen LogP contribution in [0.3, 0.4) is 0 Å². The third-order valence-corrected chi connectivity index (χ3v) is 12.6. The predicted molar refractivity (Wildman–Crippen MR) is 231 cm³/mol. The minimum Gasteiger partial charge on any atom is -0.496 e. The summed E-state index contributed by atoms with van der Waals surface area (Å²) < 4.78 is 16.6. The number of hydrogen-bond donors (Lipinski definition) is 3. The standard InChI is InChI=1S/C44H50Cl2N6O4S/c1-51(33-16-13-27(14-17-33)44(54)50-57-4)25-31-19-38(45)30(21-41(31)56-3)26-52-39-10-6-8-35(37(39)24-48-52)36-9-5-7-34(43(36)46)28-11-12-29(40(20-28)55-2)22-47-23-32-15-18-42(53)49-32/h5-12,19-21,24,27,32-33,47H,13-18,22-23,25-26H2,1-4H3,(H,49,53)(H,50,54)/t27-,32-,33-/m0/s1. The second kappa shape index (κ2) is 18.6. The minimum atomic E-state index is 0.0869. The fourth-order valence-corrected chi connectivity index (χ4v) is 9.24. The summed E-state index contributed by atoms with van der Waals surface area (Å²) in [5.74, 6) is 1.90. The molecule has 57 heavy (non-hydrogen) atoms. The summed E-state index contributed by atoms with van der Waals surface area (Å²) in [5.41, 5.74) is 7.68. The Hall–Kier alpha value is -4.26. The second-order valence-electron chi connectivity index (χ2n) is 15.0. The van der Waals surface area contributed by atoms with Crippen molar-refractivity contribution in [2.45, 2.75) is 70.2 Å². The molecule has 1 aromatic heterocycles. The first-order valence-corrected chi connectivity index (χ1v) is 21.4. The molecule has 7 rings (SSSR count). The van der Waals surface area contributed by atoms with Crippen LogP contribution >= 0.6 is 35.1 Å². The van der Waals surface area contributed by atoms with Crippen molar-refractivity contribution in [2.24, 2.45) is 5.92 Å². The zero-order chi connectivity index (χ0) is 40.1. The van der Waals surface area contributed by atoms with E-state index in [0.29, 0.717) is 48.7 Å². The van der Waals surface area contributed by atoms with E-state index >= 15 is 0 Å². The Bertz CT molecular complexity index is 2240. The predicted octanol–water partition coefficient (Wildman–Crippen LogP) is 8.50. The Morgan fingerprint density at radius 2 is 1.67 bits per heavy atom. The summed E-state index contributed by atoms with van der Waals surface area (Å²) >= 11 is 15.6. The van der Waals surface area contributed by atoms with Gasteiger partial charge in [0.05, 0.1) is 37.5 Å². The number of benzene rings is 4. The van der Waals surface area contributed by atoms with Gasteiger partial charge in [-0.2, -0.15) is 5.10 Å². The van der Waals surface area contributed by atoms with Gasteiger partial charge in [0.2, 0.25) is 11.8 Å². The van der Waals surface area contributed by atoms with E-state index in [1.54, 1.807) is 14.2 Å². The van der Waals surface area contributed by atoms with Gasteiger partial charge in [-0.25, -0.2) is 0 Å². The van der Waals surface area contributed by atoms with Crippen LogP contribution < -0.4 is 24.8 Å². The molecule has 300 valence electrons. The number of aromatic nitrogens is 2. The molecule has 0 unspecified atom stereocenters. The Morgan fingerprint density at radius 3 is 2.40 bits per heavy atom. The third-order valence-electron chi connectivity index (χ3n) is 11.4. The van der Waals surface area contributed by atoms with Gasteiger partial charge in [0, 0.05) is 83.0 Å². The fraction of sp³-hybridized carbons (Fsp3) is 0.386. The van der Waals surface area contributed by atoms with Gasteiger partial charge >= 0.3 is 0 Å². The highest BCUT2D eigenvalue weighted by Gasteiger charge is 2.29. The van der Waals surface area contributed by atoms with Crippen LogP contribution in [0.25, 0.3) is 33.2 Å². The van der Waals surface area contributed by atoms with Crippen molar-refractivity contribution in [2.75, 3.05) is 34.1 Å². The van der Waals surface area contributed by atoms with E-state index in [9.17, 15) is 9.59 Å². The Balaban J connectivity index is 1.07. The quantitative estimate of drug-likeness (QED) is 0.0903. The lowest BCUT2D eigenvalue weighted by atomic mass is 9.85. The highest BCUT2D eigenvalue weighted by Crippen LogP contribution is 2.41. The number of ether oxygens (including phenoxy) is 2. The molecule has 2 heterocycles. The Labute approximate surface area is 349 Å². The highest BCUT2D eigenvalue weighted by molar-refractivity contribution is 7.97. The number of amides is 2. The molecule has 1 atom stereocenters. The van der Waals surface area contributed by atoms with E-state index in [1.807, 2.05) is 59.6 Å². The molecule has 0 radical (unpaired) electrons. The number of hydrogen-bond acceptors (Lipinski definition) is 8. The first-order valence-electron chi connectivity index (χ1n) is 19.5. The number of halogens is 2. The van der Waals surface area contributed by atoms with E-state index in [1.165, 1.54) is 11.9 Å². The van der Waals surface area contributed by atoms with Gasteiger partial charge in [-0.15, -0.1) is 0 Å². The van der Waals surface area contributed by atoms with Crippen molar-refractivity contribution >= 4 is 57.9 Å². The molecule has 1 saturated heterocycles. The maximum atomic E-state index is 12.3. The third kappa shape index (κ3) is 9.23. The van der Waals surface area contributed by atoms with Crippen molar-refractivity contribution in [1.29, 1.82) is 0 Å². The molecule has 2 fully saturated rings. The number of carbonyl (C=O) groups excluding carboxylic acids is 2. The summed E-state index contributed by atoms with van der Waals surface area (Å²) in [6.45, 7) is 2.49. The number of methoxy groups -OCH3 is 2. The van der Waals surface area contributed by atoms with Crippen LogP contribution in [-0.2, 0) is 29.2 Å². The van der Waals surface area contributed by atoms with Gasteiger partial charge in [0.25, 0.3) is 0 Å². The normalized spacial score (nSPS) is 18.2. The zero-order valence-corrected chi connectivity index (χ0v) is 35.2. The molecule has 0 spiro atoms. The molecule has 1 aliphatic carbocycles. The molecule has 3 N–H and O–H groups in total. The molecule has 1 saturated carbocycles. The molecule has 2 aliphatic rings. The summed E-state index contributed by atoms with van der Waals surface area (Å²) in [5, 5.41) is 13.6. The SMILES string of the molecule is COc1cc(-c2cccc(-c3cccc4c3cnn4Cc3cc(OC)c(CN(C)[C@H]4CC[C@H](C(=O)NSC)CC4)cc3Cl)c2Cl)ccc1CNC[C@@H]1CCC(=O)N1. The van der Waals surface area contributed by atoms with Crippen LogP contribution in [0.1, 0.15) is 55.2 Å². The molecule has 4 aromatic carbocycles. The van der Waals surface area contributed by atoms with Gasteiger partial charge in [0.1, 0.15) is 11.5 Å². The van der Waals surface area contributed by atoms with Gasteiger partial charge in [-0.1, -0.05) is 77.6 Å². The maximum Gasteiger partial charge on any atom is 0.232 e. The van der Waals surface area contributed by atoms with Crippen LogP contribution in [0.4, 0.5) is 0 Å². The zero-order valence-electron chi connectivity index (χ0n) is 32.9. The maximum absolute atomic E-state index is 12.3. The highest BCUT2D eigenvalue weighted by atomic mass is 35.5. The lowest BCUT2D eigenvalue weighted by molar-refractivity contribution is -0.124. The smallest absolute Gasteiger partial charge is 0.232 e. The van der Waals surface area contributed by atoms with Crippen molar-refractivity contribution in [3.63, 3.8) is 0 Å². The van der Waals surface area contributed by atoms with E-state index in [2.05, 4.69) is 51.6 Å². The topological polar surface area (TPSA) is 110 Å². The number of fused-ring (bicyclic) bond motifs is 1. The van der Waals surface area contributed by atoms with Gasteiger partial charge < -0.3 is 24.8 Å². The van der Waals surface area contributed by atoms with Crippen LogP contribution in [0.2, 0.25) is 10.0 Å². The Morgan fingerprint density at radius 1 is 0.930 bits per heavy atom. The Kier molecular flexibility index (Phi) is 13.3. The fourth-order valence-electron chi connectivity index (χ4n) is 8.29. The first kappa shape index (κ1) is 40.9. The summed E-state index contributed by atoms with van der Waals surface area (Å²) in [6.07, 6.45) is 8.95. The van der Waals surface area contributed by atoms with Gasteiger partial charge in [-0.3, -0.25) is 19.2 Å². The monoisotopic (exact) mass is 828 g/mol. The molecule has 13 heteroatoms. The lowest BCUT2D eigenvalue weighted by Crippen LogP contribution is -2.38. The van der Waals surface area contributed by atoms with E-state index < -0.39 is 0 Å². The molecular weight excluding hydrogens is 779 g/mol. The molecular formula is C44H50Cl2N6O4S. The molecule has 0 bridgehead atoms. The number of rotatable bonds is 15. The molecule has 5 aromatic rings. The van der Waals surface area contributed by atoms with Gasteiger partial charge in [0.15, 0.2) is 0 Å². The molecule has 2 amide bonds. The number of nitrogens with one attached hydrogen (secondary N) is 3. The average molecular weight is 830 g/mol. The van der Waals surface area contributed by atoms with Crippen molar-refractivity contribution < 1.29 is 19.1 Å². The van der Waals surface area contributed by atoms with E-state index in [0.717, 1.165) is 93.5 Å². The van der Waals surface area contributed by atoms with Crippen LogP contribution in [-0.4, -0.2) is 72.6 Å².